The summed E-state index contributed by atoms with van der Waals surface area (Å²) in [7, 11) is 0. The third-order valence-electron chi connectivity index (χ3n) is 11.4. The zero-order chi connectivity index (χ0) is 48.6. The fourth-order valence-corrected chi connectivity index (χ4v) is 7.28. The number of allylic oxidation sites excluding steroid dienone is 18. The minimum atomic E-state index is -0.804. The number of carbonyl (C=O) groups excluding carboxylic acids is 3. The van der Waals surface area contributed by atoms with E-state index in [4.69, 9.17) is 14.2 Å². The smallest absolute Gasteiger partial charge is 0.306 e. The predicted molar refractivity (Wildman–Crippen MR) is 288 cm³/mol. The van der Waals surface area contributed by atoms with Crippen molar-refractivity contribution >= 4 is 17.9 Å². The molecule has 1 atom stereocenters. The average molecular weight is 929 g/mol. The van der Waals surface area contributed by atoms with E-state index >= 15 is 0 Å². The molecule has 0 fully saturated rings. The molecular formula is C61H100O6. The van der Waals surface area contributed by atoms with Crippen molar-refractivity contribution in [1.29, 1.82) is 0 Å². The molecule has 0 N–H and O–H groups in total. The normalized spacial score (nSPS) is 12.9. The van der Waals surface area contributed by atoms with Crippen LogP contribution in [0.3, 0.4) is 0 Å². The van der Waals surface area contributed by atoms with Crippen LogP contribution in [0.25, 0.3) is 0 Å². The van der Waals surface area contributed by atoms with Gasteiger partial charge in [0.15, 0.2) is 6.10 Å². The van der Waals surface area contributed by atoms with Crippen molar-refractivity contribution < 1.29 is 28.6 Å². The van der Waals surface area contributed by atoms with Crippen LogP contribution in [0.1, 0.15) is 239 Å². The molecule has 0 aromatic carbocycles. The molecule has 6 heteroatoms. The summed E-state index contributed by atoms with van der Waals surface area (Å²) in [6, 6.07) is 0. The van der Waals surface area contributed by atoms with Crippen LogP contribution in [0.2, 0.25) is 0 Å². The highest BCUT2D eigenvalue weighted by Crippen LogP contribution is 2.14. The molecule has 0 saturated carbocycles. The maximum absolute atomic E-state index is 12.8. The first-order valence-electron chi connectivity index (χ1n) is 27.5. The summed E-state index contributed by atoms with van der Waals surface area (Å²) >= 11 is 0. The van der Waals surface area contributed by atoms with Gasteiger partial charge >= 0.3 is 17.9 Å². The van der Waals surface area contributed by atoms with Crippen molar-refractivity contribution in [2.24, 2.45) is 0 Å². The second-order valence-corrected chi connectivity index (χ2v) is 17.9. The number of ether oxygens (including phenoxy) is 3. The summed E-state index contributed by atoms with van der Waals surface area (Å²) in [6.07, 6.45) is 73.5. The zero-order valence-corrected chi connectivity index (χ0v) is 43.4. The Hall–Kier alpha value is -3.93. The van der Waals surface area contributed by atoms with Crippen LogP contribution in [0.4, 0.5) is 0 Å². The van der Waals surface area contributed by atoms with Gasteiger partial charge in [0.25, 0.3) is 0 Å². The molecule has 67 heavy (non-hydrogen) atoms. The van der Waals surface area contributed by atoms with Crippen LogP contribution < -0.4 is 0 Å². The van der Waals surface area contributed by atoms with Gasteiger partial charge in [0.1, 0.15) is 13.2 Å². The molecular weight excluding hydrogens is 829 g/mol. The van der Waals surface area contributed by atoms with Crippen molar-refractivity contribution in [3.63, 3.8) is 0 Å². The SMILES string of the molecule is CC\C=C/C=C\C=C/C=C\CCCCCCCC(=O)OCC(COC(=O)CCCCCCC\C=C/C=C\C=C/C=C\CCCCC)OC(=O)CCCCCCC/C=C\CCCCCCCCC. The van der Waals surface area contributed by atoms with E-state index in [9.17, 15) is 14.4 Å². The van der Waals surface area contributed by atoms with Gasteiger partial charge in [0, 0.05) is 19.3 Å². The lowest BCUT2D eigenvalue weighted by Gasteiger charge is -2.18. The quantitative estimate of drug-likeness (QED) is 0.0199. The summed E-state index contributed by atoms with van der Waals surface area (Å²) in [6.45, 7) is 6.41. The fraction of sp³-hybridized carbons (Fsp3) is 0.656. The number of hydrogen-bond donors (Lipinski definition) is 0. The predicted octanol–water partition coefficient (Wildman–Crippen LogP) is 18.3. The maximum atomic E-state index is 12.8. The van der Waals surface area contributed by atoms with Crippen LogP contribution in [-0.2, 0) is 28.6 Å². The molecule has 0 aliphatic heterocycles. The van der Waals surface area contributed by atoms with Crippen molar-refractivity contribution in [3.05, 3.63) is 109 Å². The van der Waals surface area contributed by atoms with E-state index in [0.717, 1.165) is 122 Å². The Kier molecular flexibility index (Phi) is 51.5. The molecule has 0 radical (unpaired) electrons. The monoisotopic (exact) mass is 929 g/mol. The lowest BCUT2D eigenvalue weighted by molar-refractivity contribution is -0.167. The van der Waals surface area contributed by atoms with Gasteiger partial charge in [-0.3, -0.25) is 14.4 Å². The number of hydrogen-bond acceptors (Lipinski definition) is 6. The minimum Gasteiger partial charge on any atom is -0.462 e. The third kappa shape index (κ3) is 52.9. The van der Waals surface area contributed by atoms with Crippen molar-refractivity contribution in [3.8, 4) is 0 Å². The lowest BCUT2D eigenvalue weighted by atomic mass is 10.1. The van der Waals surface area contributed by atoms with Crippen LogP contribution in [0.5, 0.6) is 0 Å². The molecule has 0 heterocycles. The van der Waals surface area contributed by atoms with Gasteiger partial charge in [-0.15, -0.1) is 0 Å². The molecule has 380 valence electrons. The first-order valence-corrected chi connectivity index (χ1v) is 27.5. The summed E-state index contributed by atoms with van der Waals surface area (Å²) in [5, 5.41) is 0. The zero-order valence-electron chi connectivity index (χ0n) is 43.4. The first kappa shape index (κ1) is 63.1. The summed E-state index contributed by atoms with van der Waals surface area (Å²) in [4.78, 5) is 38.1. The van der Waals surface area contributed by atoms with E-state index in [2.05, 4.69) is 112 Å². The molecule has 1 unspecified atom stereocenters. The Morgan fingerprint density at radius 1 is 0.313 bits per heavy atom. The molecule has 0 spiro atoms. The van der Waals surface area contributed by atoms with Crippen LogP contribution in [-0.4, -0.2) is 37.2 Å². The molecule has 0 amide bonds. The summed E-state index contributed by atoms with van der Waals surface area (Å²) in [5.41, 5.74) is 0. The summed E-state index contributed by atoms with van der Waals surface area (Å²) in [5.74, 6) is -0.957. The number of rotatable bonds is 48. The topological polar surface area (TPSA) is 78.9 Å². The number of unbranched alkanes of at least 4 members (excludes halogenated alkanes) is 25. The standard InChI is InChI=1S/C61H100O6/c1-4-7-10-13-16-19-22-25-28-30-31-34-36-39-42-45-48-51-54-60(63)66-57-58(56-65-59(62)53-50-47-44-41-38-35-32-27-24-21-18-15-12-9-6-3)67-61(64)55-52-49-46-43-40-37-33-29-26-23-20-17-14-11-8-5-2/h9,12,15-16,18-19,21-22,24-25,27-34,58H,4-8,10-11,13-14,17,20,23,26,35-57H2,1-3H3/b12-9-,18-15-,19-16-,24-21-,25-22-,30-28-,32-27-,33-29-,34-31-. The van der Waals surface area contributed by atoms with Gasteiger partial charge in [0.2, 0.25) is 0 Å². The largest absolute Gasteiger partial charge is 0.462 e. The van der Waals surface area contributed by atoms with E-state index < -0.39 is 6.10 Å². The van der Waals surface area contributed by atoms with Gasteiger partial charge in [-0.25, -0.2) is 0 Å². The fourth-order valence-electron chi connectivity index (χ4n) is 7.28. The molecule has 0 rings (SSSR count). The van der Waals surface area contributed by atoms with E-state index in [-0.39, 0.29) is 31.1 Å². The first-order chi connectivity index (χ1) is 33.0. The number of carbonyl (C=O) groups is 3. The highest BCUT2D eigenvalue weighted by Gasteiger charge is 2.19. The van der Waals surface area contributed by atoms with E-state index in [1.54, 1.807) is 0 Å². The Labute approximate surface area is 412 Å². The van der Waals surface area contributed by atoms with Gasteiger partial charge in [-0.1, -0.05) is 239 Å². The van der Waals surface area contributed by atoms with E-state index in [0.29, 0.717) is 19.3 Å². The molecule has 0 aromatic heterocycles. The average Bonchev–Trinajstić information content (AvgIpc) is 3.33. The Morgan fingerprint density at radius 3 is 0.985 bits per heavy atom. The second kappa shape index (κ2) is 54.7. The third-order valence-corrected chi connectivity index (χ3v) is 11.4. The Morgan fingerprint density at radius 2 is 0.597 bits per heavy atom. The Balaban J connectivity index is 4.50. The highest BCUT2D eigenvalue weighted by molar-refractivity contribution is 5.71. The summed E-state index contributed by atoms with van der Waals surface area (Å²) < 4.78 is 16.8. The molecule has 0 bridgehead atoms. The van der Waals surface area contributed by atoms with Crippen molar-refractivity contribution in [1.82, 2.24) is 0 Å². The molecule has 6 nitrogen and oxygen atoms in total. The molecule has 0 aliphatic rings. The van der Waals surface area contributed by atoms with E-state index in [1.165, 1.54) is 77.0 Å². The van der Waals surface area contributed by atoms with Crippen LogP contribution >= 0.6 is 0 Å². The van der Waals surface area contributed by atoms with Crippen molar-refractivity contribution in [2.75, 3.05) is 13.2 Å². The van der Waals surface area contributed by atoms with Crippen molar-refractivity contribution in [2.45, 2.75) is 245 Å². The van der Waals surface area contributed by atoms with Crippen LogP contribution in [0, 0.1) is 0 Å². The van der Waals surface area contributed by atoms with Crippen LogP contribution in [0.15, 0.2) is 109 Å². The lowest BCUT2D eigenvalue weighted by Crippen LogP contribution is -2.30. The second-order valence-electron chi connectivity index (χ2n) is 17.9. The molecule has 0 saturated heterocycles. The Bertz CT molecular complexity index is 1390. The van der Waals surface area contributed by atoms with Gasteiger partial charge in [-0.2, -0.15) is 0 Å². The highest BCUT2D eigenvalue weighted by atomic mass is 16.6. The molecule has 0 aromatic rings. The van der Waals surface area contributed by atoms with Gasteiger partial charge < -0.3 is 14.2 Å². The minimum absolute atomic E-state index is 0.103. The molecule has 0 aliphatic carbocycles. The maximum Gasteiger partial charge on any atom is 0.306 e. The van der Waals surface area contributed by atoms with E-state index in [1.807, 2.05) is 18.2 Å². The van der Waals surface area contributed by atoms with Gasteiger partial charge in [-0.05, 0) is 89.9 Å². The number of esters is 3. The van der Waals surface area contributed by atoms with Gasteiger partial charge in [0.05, 0.1) is 0 Å².